The lowest BCUT2D eigenvalue weighted by Gasteiger charge is -2.17. The Morgan fingerprint density at radius 2 is 1.61 bits per heavy atom. The molecule has 28 heavy (non-hydrogen) atoms. The normalized spacial score (nSPS) is 12.4. The lowest BCUT2D eigenvalue weighted by atomic mass is 9.97. The number of carbonyl (C=O) groups excluding carboxylic acids is 2. The lowest BCUT2D eigenvalue weighted by molar-refractivity contribution is -0.156. The van der Waals surface area contributed by atoms with E-state index in [1.807, 2.05) is 30.3 Å². The van der Waals surface area contributed by atoms with Gasteiger partial charge in [0.1, 0.15) is 13.2 Å². The predicted octanol–water partition coefficient (Wildman–Crippen LogP) is 6.40. The molecule has 0 aliphatic carbocycles. The van der Waals surface area contributed by atoms with Gasteiger partial charge in [-0.1, -0.05) is 111 Å². The van der Waals surface area contributed by atoms with Gasteiger partial charge in [-0.25, -0.2) is 0 Å². The summed E-state index contributed by atoms with van der Waals surface area (Å²) in [6.07, 6.45) is 7.07. The minimum absolute atomic E-state index is 0.0800. The zero-order valence-corrected chi connectivity index (χ0v) is 18.6. The number of carbonyl (C=O) groups is 2. The van der Waals surface area contributed by atoms with Gasteiger partial charge in [-0.3, -0.25) is 9.59 Å². The third kappa shape index (κ3) is 12.5. The Bertz CT molecular complexity index is 573. The number of unbranched alkanes of at least 4 members (excludes halogenated alkanes) is 5. The van der Waals surface area contributed by atoms with Crippen LogP contribution < -0.4 is 0 Å². The van der Waals surface area contributed by atoms with Crippen molar-refractivity contribution in [1.82, 2.24) is 0 Å². The van der Waals surface area contributed by atoms with E-state index in [2.05, 4.69) is 6.92 Å². The summed E-state index contributed by atoms with van der Waals surface area (Å²) >= 11 is 16.8. The Morgan fingerprint density at radius 1 is 0.964 bits per heavy atom. The fourth-order valence-electron chi connectivity index (χ4n) is 2.74. The van der Waals surface area contributed by atoms with E-state index in [0.717, 1.165) is 24.8 Å². The Morgan fingerprint density at radius 3 is 2.25 bits per heavy atom. The number of hydrogen-bond acceptors (Lipinski definition) is 4. The van der Waals surface area contributed by atoms with Gasteiger partial charge in [0.15, 0.2) is 0 Å². The van der Waals surface area contributed by atoms with Crippen molar-refractivity contribution in [3.8, 4) is 0 Å². The molecule has 0 N–H and O–H groups in total. The highest BCUT2D eigenvalue weighted by atomic mass is 35.6. The van der Waals surface area contributed by atoms with Crippen molar-refractivity contribution in [3.63, 3.8) is 0 Å². The van der Waals surface area contributed by atoms with Gasteiger partial charge < -0.3 is 9.47 Å². The van der Waals surface area contributed by atoms with Crippen LogP contribution in [-0.4, -0.2) is 22.3 Å². The first-order valence-electron chi connectivity index (χ1n) is 9.74. The Labute approximate surface area is 182 Å². The first-order valence-corrected chi connectivity index (χ1v) is 10.9. The van der Waals surface area contributed by atoms with E-state index in [-0.39, 0.29) is 19.6 Å². The van der Waals surface area contributed by atoms with Gasteiger partial charge in [-0.15, -0.1) is 0 Å². The zero-order valence-electron chi connectivity index (χ0n) is 16.3. The second kappa shape index (κ2) is 14.1. The highest BCUT2D eigenvalue weighted by molar-refractivity contribution is 6.67. The molecule has 0 saturated heterocycles. The number of halogens is 3. The third-order valence-electron chi connectivity index (χ3n) is 4.27. The maximum absolute atomic E-state index is 12.5. The van der Waals surface area contributed by atoms with Crippen molar-refractivity contribution in [1.29, 1.82) is 0 Å². The second-order valence-corrected chi connectivity index (χ2v) is 9.34. The van der Waals surface area contributed by atoms with Gasteiger partial charge in [0, 0.05) is 0 Å². The maximum Gasteiger partial charge on any atom is 0.309 e. The van der Waals surface area contributed by atoms with Crippen LogP contribution in [0.3, 0.4) is 0 Å². The van der Waals surface area contributed by atoms with E-state index in [9.17, 15) is 9.59 Å². The van der Waals surface area contributed by atoms with Crippen LogP contribution in [-0.2, 0) is 25.7 Å². The number of rotatable bonds is 13. The fourth-order valence-corrected chi connectivity index (χ4v) is 2.91. The summed E-state index contributed by atoms with van der Waals surface area (Å²) in [7, 11) is 0. The minimum Gasteiger partial charge on any atom is -0.461 e. The Kier molecular flexibility index (Phi) is 12.6. The van der Waals surface area contributed by atoms with Crippen LogP contribution >= 0.6 is 34.8 Å². The van der Waals surface area contributed by atoms with Crippen LogP contribution in [0.5, 0.6) is 0 Å². The van der Waals surface area contributed by atoms with Crippen LogP contribution in [0.2, 0.25) is 0 Å². The number of benzene rings is 1. The molecule has 1 aromatic carbocycles. The molecule has 0 radical (unpaired) electrons. The van der Waals surface area contributed by atoms with Gasteiger partial charge in [-0.2, -0.15) is 0 Å². The summed E-state index contributed by atoms with van der Waals surface area (Å²) in [6.45, 7) is 2.00. The van der Waals surface area contributed by atoms with Crippen molar-refractivity contribution in [2.24, 2.45) is 5.92 Å². The number of ether oxygens (including phenoxy) is 2. The molecule has 4 nitrogen and oxygen atoms in total. The van der Waals surface area contributed by atoms with Crippen molar-refractivity contribution in [2.75, 3.05) is 6.61 Å². The zero-order chi connectivity index (χ0) is 20.8. The lowest BCUT2D eigenvalue weighted by Crippen LogP contribution is -2.24. The molecule has 0 aliphatic heterocycles. The molecule has 1 atom stereocenters. The molecule has 0 spiro atoms. The van der Waals surface area contributed by atoms with Crippen molar-refractivity contribution < 1.29 is 19.1 Å². The summed E-state index contributed by atoms with van der Waals surface area (Å²) in [5.41, 5.74) is 0.896. The third-order valence-corrected chi connectivity index (χ3v) is 4.60. The quantitative estimate of drug-likeness (QED) is 0.198. The standard InChI is InChI=1S/C21H29Cl3O4/c1-2-3-4-5-6-10-13-18(14-19(25)28-16-21(22,23)24)20(26)27-15-17-11-8-7-9-12-17/h7-9,11-12,18H,2-6,10,13-16H2,1H3. The largest absolute Gasteiger partial charge is 0.461 e. The second-order valence-electron chi connectivity index (χ2n) is 6.83. The molecule has 0 aromatic heterocycles. The number of esters is 2. The molecule has 0 aliphatic rings. The van der Waals surface area contributed by atoms with Crippen LogP contribution in [0.1, 0.15) is 63.9 Å². The Hall–Kier alpha value is -0.970. The molecule has 7 heteroatoms. The van der Waals surface area contributed by atoms with E-state index >= 15 is 0 Å². The predicted molar refractivity (Wildman–Crippen MR) is 114 cm³/mol. The van der Waals surface area contributed by atoms with E-state index in [1.165, 1.54) is 19.3 Å². The van der Waals surface area contributed by atoms with E-state index < -0.39 is 21.6 Å². The molecule has 158 valence electrons. The number of alkyl halides is 3. The molecule has 0 amide bonds. The first-order chi connectivity index (χ1) is 13.3. The van der Waals surface area contributed by atoms with E-state index in [1.54, 1.807) is 0 Å². The molecule has 0 bridgehead atoms. The smallest absolute Gasteiger partial charge is 0.309 e. The summed E-state index contributed by atoms with van der Waals surface area (Å²) in [5, 5.41) is 0. The van der Waals surface area contributed by atoms with Gasteiger partial charge in [0.05, 0.1) is 12.3 Å². The van der Waals surface area contributed by atoms with Crippen LogP contribution in [0.25, 0.3) is 0 Å². The summed E-state index contributed by atoms with van der Waals surface area (Å²) in [6, 6.07) is 9.42. The molecular weight excluding hydrogens is 423 g/mol. The van der Waals surface area contributed by atoms with Crippen LogP contribution in [0.15, 0.2) is 30.3 Å². The topological polar surface area (TPSA) is 52.6 Å². The van der Waals surface area contributed by atoms with Crippen molar-refractivity contribution in [3.05, 3.63) is 35.9 Å². The van der Waals surface area contributed by atoms with Gasteiger partial charge in [0.25, 0.3) is 0 Å². The average molecular weight is 452 g/mol. The molecular formula is C21H29Cl3O4. The van der Waals surface area contributed by atoms with Crippen molar-refractivity contribution in [2.45, 2.75) is 68.7 Å². The fraction of sp³-hybridized carbons (Fsp3) is 0.619. The molecule has 0 saturated carbocycles. The molecule has 1 rings (SSSR count). The highest BCUT2D eigenvalue weighted by Gasteiger charge is 2.27. The van der Waals surface area contributed by atoms with E-state index in [4.69, 9.17) is 44.3 Å². The maximum atomic E-state index is 12.5. The summed E-state index contributed by atoms with van der Waals surface area (Å²) < 4.78 is 8.71. The van der Waals surface area contributed by atoms with Gasteiger partial charge >= 0.3 is 11.9 Å². The molecule has 0 heterocycles. The SMILES string of the molecule is CCCCCCCCC(CC(=O)OCC(Cl)(Cl)Cl)C(=O)OCc1ccccc1. The monoisotopic (exact) mass is 450 g/mol. The van der Waals surface area contributed by atoms with Crippen molar-refractivity contribution >= 4 is 46.7 Å². The Balaban J connectivity index is 2.52. The average Bonchev–Trinajstić information content (AvgIpc) is 2.66. The van der Waals surface area contributed by atoms with E-state index in [0.29, 0.717) is 6.42 Å². The summed E-state index contributed by atoms with van der Waals surface area (Å²) in [5.74, 6) is -1.53. The first kappa shape index (κ1) is 25.1. The molecule has 0 fully saturated rings. The van der Waals surface area contributed by atoms with Gasteiger partial charge in [0.2, 0.25) is 3.79 Å². The number of hydrogen-bond donors (Lipinski definition) is 0. The highest BCUT2D eigenvalue weighted by Crippen LogP contribution is 2.26. The summed E-state index contributed by atoms with van der Waals surface area (Å²) in [4.78, 5) is 24.6. The van der Waals surface area contributed by atoms with Crippen LogP contribution in [0, 0.1) is 5.92 Å². The van der Waals surface area contributed by atoms with Gasteiger partial charge in [-0.05, 0) is 12.0 Å². The minimum atomic E-state index is -1.67. The van der Waals surface area contributed by atoms with Crippen LogP contribution in [0.4, 0.5) is 0 Å². The molecule has 1 unspecified atom stereocenters. The molecule has 1 aromatic rings.